The lowest BCUT2D eigenvalue weighted by molar-refractivity contribution is 0.282. The molecule has 48 heavy (non-hydrogen) atoms. The fraction of sp³-hybridized carbons (Fsp3) is 0.158. The Morgan fingerprint density at radius 2 is 1.04 bits per heavy atom. The monoisotopic (exact) mass is 698 g/mol. The molecule has 0 atom stereocenters. The summed E-state index contributed by atoms with van der Waals surface area (Å²) in [5.74, 6) is 1.96. The summed E-state index contributed by atoms with van der Waals surface area (Å²) in [5.41, 5.74) is 9.12. The molecule has 244 valence electrons. The van der Waals surface area contributed by atoms with Gasteiger partial charge in [0.05, 0.1) is 32.2 Å². The summed E-state index contributed by atoms with van der Waals surface area (Å²) < 4.78 is 10.8. The molecule has 0 amide bonds. The molecule has 0 radical (unpaired) electrons. The molecule has 0 aliphatic carbocycles. The molecule has 0 bridgehead atoms. The zero-order valence-electron chi connectivity index (χ0n) is 26.4. The zero-order valence-corrected chi connectivity index (χ0v) is 28.7. The van der Waals surface area contributed by atoms with Gasteiger partial charge in [0.15, 0.2) is 0 Å². The molecule has 2 aromatic heterocycles. The minimum Gasteiger partial charge on any atom is -0.496 e. The molecule has 0 saturated carbocycles. The summed E-state index contributed by atoms with van der Waals surface area (Å²) >= 11 is 18.1. The van der Waals surface area contributed by atoms with Crippen molar-refractivity contribution in [2.75, 3.05) is 14.2 Å². The van der Waals surface area contributed by atoms with E-state index in [4.69, 9.17) is 44.3 Å². The Hall–Kier alpha value is -4.53. The van der Waals surface area contributed by atoms with Crippen molar-refractivity contribution in [2.45, 2.75) is 25.3 Å². The lowest BCUT2D eigenvalue weighted by Crippen LogP contribution is -1.97. The molecular formula is C38H33Cl3N4O3. The Morgan fingerprint density at radius 3 is 1.50 bits per heavy atom. The van der Waals surface area contributed by atoms with Gasteiger partial charge in [0.25, 0.3) is 0 Å². The van der Waals surface area contributed by atoms with Crippen LogP contribution in [0.5, 0.6) is 11.5 Å². The van der Waals surface area contributed by atoms with E-state index in [1.165, 1.54) is 0 Å². The minimum atomic E-state index is -0.0804. The SMILES string of the molecule is COc1ccccc1-c1cc(Cc2ccc(Cl)c(CCl)c2)ncn1.COc1ccccc1-c1cc(Cc2ccc(Cl)c(CO)c2)ncn1. The molecule has 0 fully saturated rings. The molecule has 4 aromatic carbocycles. The second kappa shape index (κ2) is 17.0. The number of para-hydroxylation sites is 2. The number of hydrogen-bond acceptors (Lipinski definition) is 7. The fourth-order valence-electron chi connectivity index (χ4n) is 5.11. The Labute approximate surface area is 295 Å². The van der Waals surface area contributed by atoms with Crippen molar-refractivity contribution in [1.29, 1.82) is 0 Å². The Bertz CT molecular complexity index is 1850. The Balaban J connectivity index is 0.000000188. The average molecular weight is 700 g/mol. The van der Waals surface area contributed by atoms with Crippen LogP contribution in [-0.2, 0) is 25.3 Å². The molecule has 6 rings (SSSR count). The Kier molecular flexibility index (Phi) is 12.4. The third-order valence-electron chi connectivity index (χ3n) is 7.52. The standard InChI is InChI=1S/C19H16Cl2N2O.C19H17ClN2O2/c1-24-19-5-3-2-4-16(19)18-10-15(22-12-23-18)9-13-6-7-17(21)14(8-13)11-20;1-24-19-5-3-2-4-16(19)18-10-15(21-12-22-18)9-13-6-7-17(20)14(8-13)11-23/h2-8,10,12H,9,11H2,1H3;2-8,10,12,23H,9,11H2,1H3. The van der Waals surface area contributed by atoms with Gasteiger partial charge in [0.1, 0.15) is 24.2 Å². The average Bonchev–Trinajstić information content (AvgIpc) is 3.13. The third-order valence-corrected chi connectivity index (χ3v) is 8.54. The maximum absolute atomic E-state index is 9.34. The van der Waals surface area contributed by atoms with Gasteiger partial charge in [-0.25, -0.2) is 19.9 Å². The molecule has 1 N–H and O–H groups in total. The predicted octanol–water partition coefficient (Wildman–Crippen LogP) is 9.02. The van der Waals surface area contributed by atoms with Gasteiger partial charge in [0.2, 0.25) is 0 Å². The molecule has 7 nitrogen and oxygen atoms in total. The van der Waals surface area contributed by atoms with E-state index in [0.29, 0.717) is 34.3 Å². The van der Waals surface area contributed by atoms with Gasteiger partial charge in [-0.15, -0.1) is 11.6 Å². The quantitative estimate of drug-likeness (QED) is 0.143. The van der Waals surface area contributed by atoms with Crippen LogP contribution in [0, 0.1) is 0 Å². The van der Waals surface area contributed by atoms with E-state index in [2.05, 4.69) is 19.9 Å². The number of rotatable bonds is 10. The normalized spacial score (nSPS) is 10.6. The number of methoxy groups -OCH3 is 2. The second-order valence-electron chi connectivity index (χ2n) is 10.7. The van der Waals surface area contributed by atoms with Gasteiger partial charge >= 0.3 is 0 Å². The van der Waals surface area contributed by atoms with Crippen LogP contribution in [0.2, 0.25) is 10.0 Å². The summed E-state index contributed by atoms with van der Waals surface area (Å²) in [6.07, 6.45) is 4.45. The number of hydrogen-bond donors (Lipinski definition) is 1. The van der Waals surface area contributed by atoms with Gasteiger partial charge in [0, 0.05) is 51.3 Å². The zero-order chi connectivity index (χ0) is 33.9. The van der Waals surface area contributed by atoms with Crippen molar-refractivity contribution < 1.29 is 14.6 Å². The largest absolute Gasteiger partial charge is 0.496 e. The van der Waals surface area contributed by atoms with Crippen molar-refractivity contribution in [1.82, 2.24) is 19.9 Å². The van der Waals surface area contributed by atoms with Crippen LogP contribution in [-0.4, -0.2) is 39.3 Å². The van der Waals surface area contributed by atoms with E-state index in [1.54, 1.807) is 32.9 Å². The number of aliphatic hydroxyl groups is 1. The summed E-state index contributed by atoms with van der Waals surface area (Å²) in [7, 11) is 3.30. The Morgan fingerprint density at radius 1 is 0.583 bits per heavy atom. The first kappa shape index (κ1) is 34.8. The number of alkyl halides is 1. The maximum Gasteiger partial charge on any atom is 0.128 e. The number of ether oxygens (including phenoxy) is 2. The number of aliphatic hydroxyl groups excluding tert-OH is 1. The fourth-order valence-corrected chi connectivity index (χ4v) is 5.76. The van der Waals surface area contributed by atoms with E-state index in [-0.39, 0.29) is 6.61 Å². The number of halogens is 3. The maximum atomic E-state index is 9.34. The smallest absolute Gasteiger partial charge is 0.128 e. The first-order chi connectivity index (χ1) is 23.4. The van der Waals surface area contributed by atoms with Crippen molar-refractivity contribution in [3.05, 3.63) is 153 Å². The highest BCUT2D eigenvalue weighted by Crippen LogP contribution is 2.30. The van der Waals surface area contributed by atoms with Crippen LogP contribution < -0.4 is 9.47 Å². The number of aromatic nitrogens is 4. The molecule has 6 aromatic rings. The molecule has 0 spiro atoms. The van der Waals surface area contributed by atoms with E-state index in [0.717, 1.165) is 62.1 Å². The first-order valence-electron chi connectivity index (χ1n) is 15.0. The minimum absolute atomic E-state index is 0.0804. The van der Waals surface area contributed by atoms with Gasteiger partial charge in [-0.05, 0) is 70.8 Å². The molecule has 0 saturated heterocycles. The highest BCUT2D eigenvalue weighted by atomic mass is 35.5. The molecule has 0 aliphatic rings. The molecule has 0 unspecified atom stereocenters. The van der Waals surface area contributed by atoms with E-state index in [9.17, 15) is 5.11 Å². The topological polar surface area (TPSA) is 90.3 Å². The van der Waals surface area contributed by atoms with Crippen LogP contribution in [0.3, 0.4) is 0 Å². The van der Waals surface area contributed by atoms with Crippen molar-refractivity contribution >= 4 is 34.8 Å². The highest BCUT2D eigenvalue weighted by Gasteiger charge is 2.11. The van der Waals surface area contributed by atoms with Gasteiger partial charge in [-0.2, -0.15) is 0 Å². The van der Waals surface area contributed by atoms with Gasteiger partial charge in [-0.3, -0.25) is 0 Å². The molecule has 10 heteroatoms. The van der Waals surface area contributed by atoms with Crippen LogP contribution >= 0.6 is 34.8 Å². The molecular weight excluding hydrogens is 667 g/mol. The van der Waals surface area contributed by atoms with Crippen LogP contribution in [0.1, 0.15) is 33.6 Å². The van der Waals surface area contributed by atoms with E-state index in [1.807, 2.05) is 91.0 Å². The molecule has 0 aliphatic heterocycles. The lowest BCUT2D eigenvalue weighted by Gasteiger charge is -2.09. The lowest BCUT2D eigenvalue weighted by atomic mass is 10.0. The van der Waals surface area contributed by atoms with E-state index < -0.39 is 0 Å². The predicted molar refractivity (Wildman–Crippen MR) is 192 cm³/mol. The summed E-state index contributed by atoms with van der Waals surface area (Å²) in [4.78, 5) is 17.5. The van der Waals surface area contributed by atoms with Crippen molar-refractivity contribution in [3.63, 3.8) is 0 Å². The van der Waals surface area contributed by atoms with Crippen molar-refractivity contribution in [3.8, 4) is 34.0 Å². The molecule has 2 heterocycles. The van der Waals surface area contributed by atoms with Crippen LogP contribution in [0.25, 0.3) is 22.5 Å². The summed E-state index contributed by atoms with van der Waals surface area (Å²) in [5, 5.41) is 10.6. The van der Waals surface area contributed by atoms with Gasteiger partial charge in [-0.1, -0.05) is 71.7 Å². The highest BCUT2D eigenvalue weighted by molar-refractivity contribution is 6.32. The van der Waals surface area contributed by atoms with Crippen molar-refractivity contribution in [2.24, 2.45) is 0 Å². The van der Waals surface area contributed by atoms with E-state index >= 15 is 0 Å². The van der Waals surface area contributed by atoms with Crippen LogP contribution in [0.15, 0.2) is 110 Å². The number of benzene rings is 4. The van der Waals surface area contributed by atoms with Crippen LogP contribution in [0.4, 0.5) is 0 Å². The first-order valence-corrected chi connectivity index (χ1v) is 16.3. The summed E-state index contributed by atoms with van der Waals surface area (Å²) in [6.45, 7) is -0.0804. The van der Waals surface area contributed by atoms with Gasteiger partial charge < -0.3 is 14.6 Å². The summed E-state index contributed by atoms with van der Waals surface area (Å²) in [6, 6.07) is 31.0. The second-order valence-corrected chi connectivity index (χ2v) is 11.8. The number of nitrogens with zero attached hydrogens (tertiary/aromatic N) is 4. The third kappa shape index (κ3) is 8.88.